The molecule has 0 aliphatic carbocycles. The molecule has 0 saturated carbocycles. The van der Waals surface area contributed by atoms with E-state index in [0.717, 1.165) is 0 Å². The van der Waals surface area contributed by atoms with Gasteiger partial charge in [0.15, 0.2) is 0 Å². The van der Waals surface area contributed by atoms with Crippen molar-refractivity contribution in [3.8, 4) is 0 Å². The van der Waals surface area contributed by atoms with Crippen molar-refractivity contribution in [1.82, 2.24) is 4.98 Å². The van der Waals surface area contributed by atoms with E-state index in [9.17, 15) is 4.79 Å². The van der Waals surface area contributed by atoms with Crippen LogP contribution in [-0.2, 0) is 10.7 Å². The van der Waals surface area contributed by atoms with Gasteiger partial charge in [-0.2, -0.15) is 0 Å². The molecule has 0 radical (unpaired) electrons. The monoisotopic (exact) mass is 204 g/mol. The Morgan fingerprint density at radius 1 is 1.58 bits per heavy atom. The van der Waals surface area contributed by atoms with E-state index in [2.05, 4.69) is 10.3 Å². The largest absolute Gasteiger partial charge is 0.327 e. The lowest BCUT2D eigenvalue weighted by Gasteiger charge is -2.05. The van der Waals surface area contributed by atoms with Gasteiger partial charge >= 0.3 is 0 Å². The number of nitrogens with zero attached hydrogens (tertiary/aromatic N) is 1. The number of carbonyl (C=O) groups is 1. The van der Waals surface area contributed by atoms with Crippen LogP contribution in [0.5, 0.6) is 0 Å². The maximum Gasteiger partial charge on any atom is 0.211 e. The van der Waals surface area contributed by atoms with Crippen molar-refractivity contribution >= 4 is 35.3 Å². The summed E-state index contributed by atoms with van der Waals surface area (Å²) in [5.41, 5.74) is 1.23. The number of alkyl halides is 1. The van der Waals surface area contributed by atoms with Crippen molar-refractivity contribution in [2.75, 3.05) is 5.32 Å². The fourth-order valence-corrected chi connectivity index (χ4v) is 1.23. The molecule has 5 heteroatoms. The van der Waals surface area contributed by atoms with Gasteiger partial charge in [-0.3, -0.25) is 9.78 Å². The number of amides is 1. The summed E-state index contributed by atoms with van der Waals surface area (Å²) < 4.78 is 0. The van der Waals surface area contributed by atoms with E-state index in [1.165, 1.54) is 6.20 Å². The number of pyridine rings is 1. The topological polar surface area (TPSA) is 42.0 Å². The molecule has 0 fully saturated rings. The molecule has 0 spiro atoms. The van der Waals surface area contributed by atoms with E-state index >= 15 is 0 Å². The maximum absolute atomic E-state index is 10.2. The lowest BCUT2D eigenvalue weighted by Crippen LogP contribution is -1.99. The molecule has 0 aromatic carbocycles. The van der Waals surface area contributed by atoms with Crippen LogP contribution in [0.1, 0.15) is 5.56 Å². The number of nitrogens with one attached hydrogen (secondary N) is 1. The Balaban J connectivity index is 3.10. The summed E-state index contributed by atoms with van der Waals surface area (Å²) in [5.74, 6) is 0.268. The second-order valence-electron chi connectivity index (χ2n) is 2.05. The van der Waals surface area contributed by atoms with Crippen molar-refractivity contribution in [3.63, 3.8) is 0 Å². The molecule has 0 bridgehead atoms. The summed E-state index contributed by atoms with van der Waals surface area (Å²) >= 11 is 11.3. The number of carbonyl (C=O) groups excluding carboxylic acids is 1. The molecule has 0 aliphatic heterocycles. The Labute approximate surface area is 79.7 Å². The summed E-state index contributed by atoms with van der Waals surface area (Å²) in [5, 5.41) is 2.85. The van der Waals surface area contributed by atoms with Gasteiger partial charge in [0.1, 0.15) is 0 Å². The van der Waals surface area contributed by atoms with Crippen molar-refractivity contribution in [2.24, 2.45) is 0 Å². The molecular formula is C7H6Cl2N2O. The van der Waals surface area contributed by atoms with E-state index in [4.69, 9.17) is 23.2 Å². The summed E-state index contributed by atoms with van der Waals surface area (Å²) in [7, 11) is 0. The van der Waals surface area contributed by atoms with E-state index in [0.29, 0.717) is 22.7 Å². The van der Waals surface area contributed by atoms with Crippen LogP contribution in [0.25, 0.3) is 0 Å². The number of rotatable bonds is 3. The Morgan fingerprint density at radius 2 is 2.33 bits per heavy atom. The molecule has 0 atom stereocenters. The molecule has 64 valence electrons. The van der Waals surface area contributed by atoms with Gasteiger partial charge < -0.3 is 5.32 Å². The van der Waals surface area contributed by atoms with Gasteiger partial charge in [-0.25, -0.2) is 0 Å². The Morgan fingerprint density at radius 3 is 2.92 bits per heavy atom. The van der Waals surface area contributed by atoms with Gasteiger partial charge in [-0.1, -0.05) is 11.6 Å². The van der Waals surface area contributed by atoms with Crippen LogP contribution >= 0.6 is 23.2 Å². The van der Waals surface area contributed by atoms with Gasteiger partial charge in [0, 0.05) is 18.0 Å². The lowest BCUT2D eigenvalue weighted by atomic mass is 10.2. The third-order valence-corrected chi connectivity index (χ3v) is 1.90. The average Bonchev–Trinajstić information content (AvgIpc) is 2.09. The Kier molecular flexibility index (Phi) is 3.31. The number of anilines is 1. The molecule has 1 heterocycles. The normalized spacial score (nSPS) is 9.50. The van der Waals surface area contributed by atoms with Crippen LogP contribution in [-0.4, -0.2) is 11.4 Å². The fraction of sp³-hybridized carbons (Fsp3) is 0.143. The summed E-state index contributed by atoms with van der Waals surface area (Å²) in [6.45, 7) is 0. The van der Waals surface area contributed by atoms with Gasteiger partial charge in [0.05, 0.1) is 16.6 Å². The first-order valence-electron chi connectivity index (χ1n) is 3.18. The predicted molar refractivity (Wildman–Crippen MR) is 48.5 cm³/mol. The van der Waals surface area contributed by atoms with Crippen LogP contribution < -0.4 is 5.32 Å². The second-order valence-corrected chi connectivity index (χ2v) is 2.73. The number of halogens is 2. The van der Waals surface area contributed by atoms with Gasteiger partial charge in [-0.15, -0.1) is 11.6 Å². The highest BCUT2D eigenvalue weighted by Crippen LogP contribution is 2.24. The molecule has 1 amide bonds. The standard InChI is InChI=1S/C7H6Cl2N2O/c8-1-5-2-10-3-6(9)7(5)11-4-12/h2-4H,1H2,(H,10,11,12). The highest BCUT2D eigenvalue weighted by atomic mass is 35.5. The van der Waals surface area contributed by atoms with Crippen LogP contribution in [0.3, 0.4) is 0 Å². The molecule has 3 nitrogen and oxygen atoms in total. The SMILES string of the molecule is O=CNc1c(Cl)cncc1CCl. The van der Waals surface area contributed by atoms with Crippen molar-refractivity contribution in [2.45, 2.75) is 5.88 Å². The quantitative estimate of drug-likeness (QED) is 0.605. The minimum absolute atomic E-state index is 0.268. The smallest absolute Gasteiger partial charge is 0.211 e. The fourth-order valence-electron chi connectivity index (χ4n) is 0.797. The van der Waals surface area contributed by atoms with Crippen LogP contribution in [0.15, 0.2) is 12.4 Å². The first-order chi connectivity index (χ1) is 5.79. The highest BCUT2D eigenvalue weighted by molar-refractivity contribution is 6.33. The van der Waals surface area contributed by atoms with E-state index in [1.54, 1.807) is 6.20 Å². The maximum atomic E-state index is 10.2. The van der Waals surface area contributed by atoms with E-state index in [-0.39, 0.29) is 5.88 Å². The van der Waals surface area contributed by atoms with Gasteiger partial charge in [0.25, 0.3) is 0 Å². The molecule has 1 N–H and O–H groups in total. The average molecular weight is 205 g/mol. The van der Waals surface area contributed by atoms with Crippen molar-refractivity contribution in [3.05, 3.63) is 23.0 Å². The molecular weight excluding hydrogens is 199 g/mol. The molecule has 0 unspecified atom stereocenters. The zero-order valence-electron chi connectivity index (χ0n) is 6.05. The predicted octanol–water partition coefficient (Wildman–Crippen LogP) is 2.04. The zero-order valence-corrected chi connectivity index (χ0v) is 7.56. The zero-order chi connectivity index (χ0) is 8.97. The third-order valence-electron chi connectivity index (χ3n) is 1.33. The van der Waals surface area contributed by atoms with Gasteiger partial charge in [-0.05, 0) is 0 Å². The minimum Gasteiger partial charge on any atom is -0.327 e. The summed E-state index contributed by atoms with van der Waals surface area (Å²) in [4.78, 5) is 14.0. The van der Waals surface area contributed by atoms with Crippen molar-refractivity contribution in [1.29, 1.82) is 0 Å². The number of hydrogen-bond donors (Lipinski definition) is 1. The third kappa shape index (κ3) is 1.87. The lowest BCUT2D eigenvalue weighted by molar-refractivity contribution is -0.105. The van der Waals surface area contributed by atoms with Gasteiger partial charge in [0.2, 0.25) is 6.41 Å². The molecule has 0 aliphatic rings. The van der Waals surface area contributed by atoms with Crippen LogP contribution in [0.4, 0.5) is 5.69 Å². The number of hydrogen-bond acceptors (Lipinski definition) is 2. The highest BCUT2D eigenvalue weighted by Gasteiger charge is 2.04. The Hall–Kier alpha value is -0.800. The van der Waals surface area contributed by atoms with E-state index in [1.807, 2.05) is 0 Å². The molecule has 1 aromatic rings. The number of aromatic nitrogens is 1. The molecule has 0 saturated heterocycles. The minimum atomic E-state index is 0.268. The van der Waals surface area contributed by atoms with E-state index < -0.39 is 0 Å². The van der Waals surface area contributed by atoms with Crippen molar-refractivity contribution < 1.29 is 4.79 Å². The molecule has 1 rings (SSSR count). The summed E-state index contributed by atoms with van der Waals surface area (Å²) in [6, 6.07) is 0. The van der Waals surface area contributed by atoms with Crippen LogP contribution in [0, 0.1) is 0 Å². The van der Waals surface area contributed by atoms with Crippen LogP contribution in [0.2, 0.25) is 5.02 Å². The molecule has 1 aromatic heterocycles. The molecule has 12 heavy (non-hydrogen) atoms. The first-order valence-corrected chi connectivity index (χ1v) is 4.09. The summed E-state index contributed by atoms with van der Waals surface area (Å²) in [6.07, 6.45) is 3.56. The Bertz CT molecular complexity index is 291. The first kappa shape index (κ1) is 9.29. The second kappa shape index (κ2) is 4.28.